The molecule has 2 aromatic rings. The van der Waals surface area contributed by atoms with Crippen LogP contribution < -0.4 is 5.73 Å². The largest absolute Gasteiger partial charge is 0.397 e. The lowest BCUT2D eigenvalue weighted by Crippen LogP contribution is -2.29. The van der Waals surface area contributed by atoms with Gasteiger partial charge in [0.05, 0.1) is 0 Å². The van der Waals surface area contributed by atoms with Gasteiger partial charge in [0.15, 0.2) is 0 Å². The number of nitrogen functional groups attached to an aromatic ring is 1. The van der Waals surface area contributed by atoms with Crippen LogP contribution in [-0.2, 0) is 6.42 Å². The van der Waals surface area contributed by atoms with Gasteiger partial charge in [0.25, 0.3) is 5.91 Å². The Labute approximate surface area is 106 Å². The van der Waals surface area contributed by atoms with E-state index in [1.807, 2.05) is 12.1 Å². The van der Waals surface area contributed by atoms with Crippen LogP contribution in [0.15, 0.2) is 36.8 Å². The van der Waals surface area contributed by atoms with E-state index in [1.54, 1.807) is 36.6 Å². The molecule has 3 N–H and O–H groups in total. The van der Waals surface area contributed by atoms with E-state index < -0.39 is 0 Å². The predicted molar refractivity (Wildman–Crippen MR) is 70.1 cm³/mol. The SMILES string of the molecule is CN(CCc1ccncc1)C(=O)c1cc(N)c[nH]1. The summed E-state index contributed by atoms with van der Waals surface area (Å²) in [6.45, 7) is 0.655. The molecule has 5 nitrogen and oxygen atoms in total. The van der Waals surface area contributed by atoms with Crippen LogP contribution in [0.25, 0.3) is 0 Å². The van der Waals surface area contributed by atoms with Crippen molar-refractivity contribution in [1.82, 2.24) is 14.9 Å². The number of amides is 1. The van der Waals surface area contributed by atoms with Crippen LogP contribution in [0.5, 0.6) is 0 Å². The van der Waals surface area contributed by atoms with Gasteiger partial charge in [0.2, 0.25) is 0 Å². The van der Waals surface area contributed by atoms with E-state index in [9.17, 15) is 4.79 Å². The minimum Gasteiger partial charge on any atom is -0.397 e. The maximum Gasteiger partial charge on any atom is 0.270 e. The molecule has 0 radical (unpaired) electrons. The van der Waals surface area contributed by atoms with Gasteiger partial charge in [0, 0.05) is 37.9 Å². The van der Waals surface area contributed by atoms with Crippen molar-refractivity contribution in [3.8, 4) is 0 Å². The zero-order chi connectivity index (χ0) is 13.0. The van der Waals surface area contributed by atoms with Crippen molar-refractivity contribution in [2.75, 3.05) is 19.3 Å². The van der Waals surface area contributed by atoms with E-state index in [-0.39, 0.29) is 5.91 Å². The molecule has 0 saturated carbocycles. The Morgan fingerprint density at radius 3 is 2.78 bits per heavy atom. The molecule has 18 heavy (non-hydrogen) atoms. The fourth-order valence-corrected chi connectivity index (χ4v) is 1.69. The number of aromatic amines is 1. The molecular weight excluding hydrogens is 228 g/mol. The molecule has 0 unspecified atom stereocenters. The molecule has 1 amide bonds. The van der Waals surface area contributed by atoms with Crippen molar-refractivity contribution in [2.24, 2.45) is 0 Å². The van der Waals surface area contributed by atoms with Crippen LogP contribution >= 0.6 is 0 Å². The first kappa shape index (κ1) is 12.2. The second kappa shape index (κ2) is 5.35. The molecule has 0 atom stereocenters. The van der Waals surface area contributed by atoms with Crippen molar-refractivity contribution in [2.45, 2.75) is 6.42 Å². The minimum atomic E-state index is -0.0549. The highest BCUT2D eigenvalue weighted by atomic mass is 16.2. The number of hydrogen-bond acceptors (Lipinski definition) is 3. The molecule has 0 bridgehead atoms. The van der Waals surface area contributed by atoms with Crippen molar-refractivity contribution >= 4 is 11.6 Å². The van der Waals surface area contributed by atoms with E-state index in [2.05, 4.69) is 9.97 Å². The third-order valence-electron chi connectivity index (χ3n) is 2.77. The number of likely N-dealkylation sites (N-methyl/N-ethyl adjacent to an activating group) is 1. The standard InChI is InChI=1S/C13H16N4O/c1-17(7-4-10-2-5-15-6-3-10)13(18)12-8-11(14)9-16-12/h2-3,5-6,8-9,16H,4,7,14H2,1H3. The van der Waals surface area contributed by atoms with E-state index in [4.69, 9.17) is 5.73 Å². The van der Waals surface area contributed by atoms with Crippen LogP contribution in [0.1, 0.15) is 16.1 Å². The predicted octanol–water partition coefficient (Wildman–Crippen LogP) is 1.31. The monoisotopic (exact) mass is 244 g/mol. The second-order valence-corrected chi connectivity index (χ2v) is 4.18. The van der Waals surface area contributed by atoms with Crippen molar-refractivity contribution in [3.63, 3.8) is 0 Å². The van der Waals surface area contributed by atoms with Gasteiger partial charge >= 0.3 is 0 Å². The summed E-state index contributed by atoms with van der Waals surface area (Å²) < 4.78 is 0. The minimum absolute atomic E-state index is 0.0549. The number of hydrogen-bond donors (Lipinski definition) is 2. The fourth-order valence-electron chi connectivity index (χ4n) is 1.69. The first-order chi connectivity index (χ1) is 8.66. The summed E-state index contributed by atoms with van der Waals surface area (Å²) in [7, 11) is 1.78. The highest BCUT2D eigenvalue weighted by Gasteiger charge is 2.12. The normalized spacial score (nSPS) is 10.3. The number of carbonyl (C=O) groups excluding carboxylic acids is 1. The van der Waals surface area contributed by atoms with E-state index in [1.165, 1.54) is 0 Å². The third-order valence-corrected chi connectivity index (χ3v) is 2.77. The number of H-pyrrole nitrogens is 1. The number of rotatable bonds is 4. The molecule has 94 valence electrons. The Morgan fingerprint density at radius 2 is 2.17 bits per heavy atom. The van der Waals surface area contributed by atoms with Gasteiger partial charge < -0.3 is 15.6 Å². The quantitative estimate of drug-likeness (QED) is 0.851. The summed E-state index contributed by atoms with van der Waals surface area (Å²) in [4.78, 5) is 20.5. The molecule has 0 aliphatic rings. The summed E-state index contributed by atoms with van der Waals surface area (Å²) >= 11 is 0. The van der Waals surface area contributed by atoms with Crippen LogP contribution in [0.3, 0.4) is 0 Å². The molecule has 2 heterocycles. The molecular formula is C13H16N4O. The zero-order valence-electron chi connectivity index (χ0n) is 10.3. The van der Waals surface area contributed by atoms with Gasteiger partial charge in [-0.05, 0) is 30.2 Å². The Morgan fingerprint density at radius 1 is 1.44 bits per heavy atom. The lowest BCUT2D eigenvalue weighted by Gasteiger charge is -2.16. The van der Waals surface area contributed by atoms with Crippen LogP contribution in [-0.4, -0.2) is 34.4 Å². The Balaban J connectivity index is 1.92. The number of anilines is 1. The van der Waals surface area contributed by atoms with Crippen molar-refractivity contribution in [3.05, 3.63) is 48.0 Å². The molecule has 5 heteroatoms. The highest BCUT2D eigenvalue weighted by molar-refractivity contribution is 5.93. The smallest absolute Gasteiger partial charge is 0.270 e. The second-order valence-electron chi connectivity index (χ2n) is 4.18. The number of nitrogens with zero attached hydrogens (tertiary/aromatic N) is 2. The number of pyridine rings is 1. The number of nitrogens with one attached hydrogen (secondary N) is 1. The first-order valence-electron chi connectivity index (χ1n) is 5.75. The molecule has 2 aromatic heterocycles. The van der Waals surface area contributed by atoms with Gasteiger partial charge in [-0.2, -0.15) is 0 Å². The van der Waals surface area contributed by atoms with Gasteiger partial charge in [0.1, 0.15) is 5.69 Å². The van der Waals surface area contributed by atoms with E-state index in [0.717, 1.165) is 12.0 Å². The average Bonchev–Trinajstić information content (AvgIpc) is 2.83. The van der Waals surface area contributed by atoms with Gasteiger partial charge in [-0.25, -0.2) is 0 Å². The highest BCUT2D eigenvalue weighted by Crippen LogP contribution is 2.08. The zero-order valence-corrected chi connectivity index (χ0v) is 10.3. The molecule has 0 fully saturated rings. The average molecular weight is 244 g/mol. The van der Waals surface area contributed by atoms with Crippen LogP contribution in [0.2, 0.25) is 0 Å². The fraction of sp³-hybridized carbons (Fsp3) is 0.231. The van der Waals surface area contributed by atoms with Crippen LogP contribution in [0, 0.1) is 0 Å². The summed E-state index contributed by atoms with van der Waals surface area (Å²) in [5, 5.41) is 0. The molecule has 0 aromatic carbocycles. The Hall–Kier alpha value is -2.30. The first-order valence-corrected chi connectivity index (χ1v) is 5.75. The van der Waals surface area contributed by atoms with Gasteiger partial charge in [-0.3, -0.25) is 9.78 Å². The number of nitrogens with two attached hydrogens (primary N) is 1. The van der Waals surface area contributed by atoms with Crippen molar-refractivity contribution < 1.29 is 4.79 Å². The molecule has 0 spiro atoms. The third kappa shape index (κ3) is 2.88. The van der Waals surface area contributed by atoms with Gasteiger partial charge in [-0.1, -0.05) is 0 Å². The van der Waals surface area contributed by atoms with Crippen LogP contribution in [0.4, 0.5) is 5.69 Å². The maximum absolute atomic E-state index is 12.0. The lowest BCUT2D eigenvalue weighted by atomic mass is 10.2. The lowest BCUT2D eigenvalue weighted by molar-refractivity contribution is 0.0791. The molecule has 0 saturated heterocycles. The molecule has 0 aliphatic heterocycles. The molecule has 2 rings (SSSR count). The number of carbonyl (C=O) groups is 1. The van der Waals surface area contributed by atoms with Gasteiger partial charge in [-0.15, -0.1) is 0 Å². The Bertz CT molecular complexity index is 521. The summed E-state index contributed by atoms with van der Waals surface area (Å²) in [5.41, 5.74) is 7.82. The van der Waals surface area contributed by atoms with Crippen molar-refractivity contribution in [1.29, 1.82) is 0 Å². The number of aromatic nitrogens is 2. The van der Waals surface area contributed by atoms with E-state index in [0.29, 0.717) is 17.9 Å². The maximum atomic E-state index is 12.0. The Kier molecular flexibility index (Phi) is 3.62. The topological polar surface area (TPSA) is 75.0 Å². The summed E-state index contributed by atoms with van der Waals surface area (Å²) in [6.07, 6.45) is 5.93. The summed E-state index contributed by atoms with van der Waals surface area (Å²) in [6, 6.07) is 5.54. The molecule has 0 aliphatic carbocycles. The van der Waals surface area contributed by atoms with E-state index >= 15 is 0 Å². The summed E-state index contributed by atoms with van der Waals surface area (Å²) in [5.74, 6) is -0.0549.